The van der Waals surface area contributed by atoms with Crippen LogP contribution < -0.4 is 10.0 Å². The van der Waals surface area contributed by atoms with E-state index < -0.39 is 0 Å². The largest absolute Gasteiger partial charge is 0.316 e. The standard InChI is InChI=1S/C13H19N3S/c1-2-4-12(5-3-1)14-9-11-6-7-16-13(8-11)10-15-17-16/h6-8,10,12,14-15H,1-5,9H2. The van der Waals surface area contributed by atoms with Crippen molar-refractivity contribution in [1.82, 2.24) is 14.3 Å². The van der Waals surface area contributed by atoms with Crippen LogP contribution in [0.25, 0.3) is 0 Å². The number of fused-ring (bicyclic) bond motifs is 1. The fourth-order valence-corrected chi connectivity index (χ4v) is 3.18. The maximum atomic E-state index is 3.68. The first-order valence-corrected chi connectivity index (χ1v) is 7.23. The maximum Gasteiger partial charge on any atom is 0.0726 e. The van der Waals surface area contributed by atoms with Crippen molar-refractivity contribution in [3.63, 3.8) is 0 Å². The van der Waals surface area contributed by atoms with Crippen molar-refractivity contribution in [2.24, 2.45) is 0 Å². The van der Waals surface area contributed by atoms with Gasteiger partial charge < -0.3 is 10.0 Å². The van der Waals surface area contributed by atoms with Crippen LogP contribution in [0.4, 0.5) is 0 Å². The van der Waals surface area contributed by atoms with Crippen molar-refractivity contribution in [3.05, 3.63) is 35.8 Å². The zero-order valence-electron chi connectivity index (χ0n) is 9.98. The van der Waals surface area contributed by atoms with Crippen molar-refractivity contribution >= 4 is 12.1 Å². The molecule has 3 aliphatic rings. The molecule has 92 valence electrons. The van der Waals surface area contributed by atoms with E-state index in [9.17, 15) is 0 Å². The molecule has 3 nitrogen and oxygen atoms in total. The molecule has 0 bridgehead atoms. The molecular weight excluding hydrogens is 230 g/mol. The van der Waals surface area contributed by atoms with E-state index in [1.165, 1.54) is 43.4 Å². The lowest BCUT2D eigenvalue weighted by Crippen LogP contribution is -2.32. The lowest BCUT2D eigenvalue weighted by molar-refractivity contribution is 0.383. The highest BCUT2D eigenvalue weighted by Crippen LogP contribution is 2.27. The topological polar surface area (TPSA) is 27.3 Å². The van der Waals surface area contributed by atoms with E-state index in [-0.39, 0.29) is 0 Å². The predicted octanol–water partition coefficient (Wildman–Crippen LogP) is 2.67. The summed E-state index contributed by atoms with van der Waals surface area (Å²) >= 11 is 1.61. The molecule has 2 heterocycles. The summed E-state index contributed by atoms with van der Waals surface area (Å²) in [5.74, 6) is 0. The van der Waals surface area contributed by atoms with E-state index in [0.717, 1.165) is 12.6 Å². The van der Waals surface area contributed by atoms with Crippen molar-refractivity contribution in [3.8, 4) is 0 Å². The van der Waals surface area contributed by atoms with Crippen molar-refractivity contribution in [1.29, 1.82) is 0 Å². The van der Waals surface area contributed by atoms with Gasteiger partial charge in [-0.3, -0.25) is 4.31 Å². The molecule has 0 atom stereocenters. The second-order valence-electron chi connectivity index (χ2n) is 4.85. The fourth-order valence-electron chi connectivity index (χ4n) is 2.56. The Morgan fingerprint density at radius 1 is 1.35 bits per heavy atom. The van der Waals surface area contributed by atoms with Crippen LogP contribution in [-0.2, 0) is 0 Å². The van der Waals surface area contributed by atoms with Crippen LogP contribution in [0, 0.1) is 0 Å². The Labute approximate surface area is 107 Å². The Morgan fingerprint density at radius 2 is 2.24 bits per heavy atom. The Hall–Kier alpha value is -0.870. The van der Waals surface area contributed by atoms with E-state index in [0.29, 0.717) is 0 Å². The van der Waals surface area contributed by atoms with Crippen LogP contribution in [0.2, 0.25) is 0 Å². The van der Waals surface area contributed by atoms with Gasteiger partial charge in [-0.1, -0.05) is 19.3 Å². The molecule has 0 aromatic rings. The third-order valence-electron chi connectivity index (χ3n) is 3.57. The van der Waals surface area contributed by atoms with Gasteiger partial charge in [0.05, 0.1) is 17.8 Å². The maximum absolute atomic E-state index is 3.68. The minimum atomic E-state index is 0.737. The number of allylic oxidation sites excluding steroid dienone is 1. The molecule has 2 aliphatic heterocycles. The molecule has 2 N–H and O–H groups in total. The Balaban J connectivity index is 1.53. The van der Waals surface area contributed by atoms with E-state index in [1.54, 1.807) is 12.1 Å². The summed E-state index contributed by atoms with van der Waals surface area (Å²) in [6.07, 6.45) is 15.6. The number of hydrogen-bond donors (Lipinski definition) is 2. The van der Waals surface area contributed by atoms with Gasteiger partial charge in [-0.05, 0) is 30.6 Å². The number of nitrogens with one attached hydrogen (secondary N) is 2. The third-order valence-corrected chi connectivity index (χ3v) is 4.32. The molecule has 0 aromatic heterocycles. The molecule has 0 radical (unpaired) electrons. The minimum Gasteiger partial charge on any atom is -0.316 e. The van der Waals surface area contributed by atoms with Gasteiger partial charge in [0.25, 0.3) is 0 Å². The molecule has 1 saturated carbocycles. The summed E-state index contributed by atoms with van der Waals surface area (Å²) in [5.41, 5.74) is 2.63. The Morgan fingerprint density at radius 3 is 3.12 bits per heavy atom. The van der Waals surface area contributed by atoms with Gasteiger partial charge in [-0.25, -0.2) is 0 Å². The predicted molar refractivity (Wildman–Crippen MR) is 72.7 cm³/mol. The molecular formula is C13H19N3S. The molecule has 0 aromatic carbocycles. The summed E-state index contributed by atoms with van der Waals surface area (Å²) in [5, 5.41) is 3.68. The molecule has 0 unspecified atom stereocenters. The monoisotopic (exact) mass is 249 g/mol. The summed E-state index contributed by atoms with van der Waals surface area (Å²) in [6, 6.07) is 0.737. The second-order valence-corrected chi connectivity index (χ2v) is 5.67. The lowest BCUT2D eigenvalue weighted by atomic mass is 9.95. The van der Waals surface area contributed by atoms with Crippen molar-refractivity contribution in [2.45, 2.75) is 38.1 Å². The highest BCUT2D eigenvalue weighted by molar-refractivity contribution is 7.95. The quantitative estimate of drug-likeness (QED) is 0.752. The van der Waals surface area contributed by atoms with E-state index >= 15 is 0 Å². The van der Waals surface area contributed by atoms with Gasteiger partial charge in [0, 0.05) is 25.0 Å². The molecule has 1 fully saturated rings. The molecule has 0 saturated heterocycles. The first-order chi connectivity index (χ1) is 8.42. The number of nitrogens with zero attached hydrogens (tertiary/aromatic N) is 1. The highest BCUT2D eigenvalue weighted by Gasteiger charge is 2.17. The van der Waals surface area contributed by atoms with E-state index in [1.807, 2.05) is 0 Å². The zero-order valence-corrected chi connectivity index (χ0v) is 10.8. The molecule has 4 heteroatoms. The first kappa shape index (κ1) is 11.2. The third kappa shape index (κ3) is 2.69. The summed E-state index contributed by atoms with van der Waals surface area (Å²) < 4.78 is 5.30. The number of rotatable bonds is 3. The van der Waals surface area contributed by atoms with Crippen molar-refractivity contribution < 1.29 is 0 Å². The van der Waals surface area contributed by atoms with Crippen LogP contribution in [0.3, 0.4) is 0 Å². The van der Waals surface area contributed by atoms with Crippen LogP contribution in [0.15, 0.2) is 35.8 Å². The molecule has 3 rings (SSSR count). The molecule has 1 aliphatic carbocycles. The molecule has 0 amide bonds. The van der Waals surface area contributed by atoms with Crippen LogP contribution in [-0.4, -0.2) is 16.9 Å². The van der Waals surface area contributed by atoms with Crippen molar-refractivity contribution in [2.75, 3.05) is 6.54 Å². The average molecular weight is 249 g/mol. The summed E-state index contributed by atoms with van der Waals surface area (Å²) in [4.78, 5) is 0. The van der Waals surface area contributed by atoms with Gasteiger partial charge in [-0.15, -0.1) is 0 Å². The number of hydrogen-bond acceptors (Lipinski definition) is 4. The fraction of sp³-hybridized carbons (Fsp3) is 0.538. The van der Waals surface area contributed by atoms with Gasteiger partial charge in [0.1, 0.15) is 0 Å². The van der Waals surface area contributed by atoms with E-state index in [4.69, 9.17) is 0 Å². The zero-order chi connectivity index (χ0) is 11.5. The summed E-state index contributed by atoms with van der Waals surface area (Å²) in [6.45, 7) is 0.997. The SMILES string of the molecule is C1=CN2SNC=C2C=C1CNC1CCCCC1. The van der Waals surface area contributed by atoms with Crippen LogP contribution in [0.1, 0.15) is 32.1 Å². The summed E-state index contributed by atoms with van der Waals surface area (Å²) in [7, 11) is 0. The molecule has 17 heavy (non-hydrogen) atoms. The first-order valence-electron chi connectivity index (χ1n) is 6.46. The normalized spacial score (nSPS) is 24.1. The van der Waals surface area contributed by atoms with Crippen LogP contribution >= 0.6 is 12.1 Å². The second kappa shape index (κ2) is 5.19. The minimum absolute atomic E-state index is 0.737. The smallest absolute Gasteiger partial charge is 0.0726 e. The Kier molecular flexibility index (Phi) is 3.43. The lowest BCUT2D eigenvalue weighted by Gasteiger charge is -2.24. The van der Waals surface area contributed by atoms with Gasteiger partial charge >= 0.3 is 0 Å². The molecule has 0 spiro atoms. The van der Waals surface area contributed by atoms with Gasteiger partial charge in [0.2, 0.25) is 0 Å². The van der Waals surface area contributed by atoms with E-state index in [2.05, 4.69) is 38.9 Å². The average Bonchev–Trinajstić information content (AvgIpc) is 2.85. The Bertz CT molecular complexity index is 367. The van der Waals surface area contributed by atoms with Crippen LogP contribution in [0.5, 0.6) is 0 Å². The van der Waals surface area contributed by atoms with Gasteiger partial charge in [-0.2, -0.15) is 0 Å². The van der Waals surface area contributed by atoms with Gasteiger partial charge in [0.15, 0.2) is 0 Å². The highest BCUT2D eigenvalue weighted by atomic mass is 32.2.